The van der Waals surface area contributed by atoms with Crippen molar-refractivity contribution in [3.8, 4) is 22.9 Å². The van der Waals surface area contributed by atoms with Gasteiger partial charge in [0.25, 0.3) is 0 Å². The molecule has 0 radical (unpaired) electrons. The number of carbonyl (C=O) groups excluding carboxylic acids is 1. The number of fused-ring (bicyclic) bond motifs is 1. The fourth-order valence-corrected chi connectivity index (χ4v) is 2.38. The van der Waals surface area contributed by atoms with E-state index in [1.165, 1.54) is 26.1 Å². The molecule has 7 nitrogen and oxygen atoms in total. The lowest BCUT2D eigenvalue weighted by Gasteiger charge is -2.26. The first-order chi connectivity index (χ1) is 12.6. The van der Waals surface area contributed by atoms with E-state index in [1.807, 2.05) is 5.32 Å². The standard InChI is InChI=1S/C17H17F3N4O3/c1-16(2,15(25)22-8-17(18,19)20)24-13-5-6-21-14(23-13)10-3-4-11-12(7-10)27-9-26-11/h3-7H,8-9H2,1-2H3,(H,22,25)(H,21,23,24). The van der Waals surface area contributed by atoms with Crippen LogP contribution in [0.4, 0.5) is 19.0 Å². The predicted molar refractivity (Wildman–Crippen MR) is 90.4 cm³/mol. The number of carbonyl (C=O) groups is 1. The molecule has 0 fully saturated rings. The Labute approximate surface area is 152 Å². The van der Waals surface area contributed by atoms with Gasteiger partial charge in [0.2, 0.25) is 12.7 Å². The minimum Gasteiger partial charge on any atom is -0.454 e. The molecule has 1 aromatic heterocycles. The molecular weight excluding hydrogens is 365 g/mol. The van der Waals surface area contributed by atoms with E-state index in [0.29, 0.717) is 28.7 Å². The Morgan fingerprint density at radius 3 is 2.67 bits per heavy atom. The third-order valence-corrected chi connectivity index (χ3v) is 3.74. The number of rotatable bonds is 5. The summed E-state index contributed by atoms with van der Waals surface area (Å²) in [6.07, 6.45) is -2.99. The third-order valence-electron chi connectivity index (χ3n) is 3.74. The number of anilines is 1. The summed E-state index contributed by atoms with van der Waals surface area (Å²) in [4.78, 5) is 20.6. The summed E-state index contributed by atoms with van der Waals surface area (Å²) in [6, 6.07) is 6.74. The molecule has 1 aromatic carbocycles. The van der Waals surface area contributed by atoms with Gasteiger partial charge in [-0.05, 0) is 38.1 Å². The predicted octanol–water partition coefficient (Wildman–Crippen LogP) is 2.74. The largest absolute Gasteiger partial charge is 0.454 e. The van der Waals surface area contributed by atoms with Crippen molar-refractivity contribution in [3.63, 3.8) is 0 Å². The van der Waals surface area contributed by atoms with Crippen LogP contribution in [0.25, 0.3) is 11.4 Å². The summed E-state index contributed by atoms with van der Waals surface area (Å²) >= 11 is 0. The number of halogens is 3. The fraction of sp³-hybridized carbons (Fsp3) is 0.353. The Morgan fingerprint density at radius 2 is 1.93 bits per heavy atom. The molecule has 0 atom stereocenters. The molecule has 27 heavy (non-hydrogen) atoms. The van der Waals surface area contributed by atoms with Crippen molar-refractivity contribution in [2.24, 2.45) is 0 Å². The highest BCUT2D eigenvalue weighted by atomic mass is 19.4. The van der Waals surface area contributed by atoms with Crippen LogP contribution >= 0.6 is 0 Å². The quantitative estimate of drug-likeness (QED) is 0.827. The molecule has 1 amide bonds. The average molecular weight is 382 g/mol. The monoisotopic (exact) mass is 382 g/mol. The second-order valence-electron chi connectivity index (χ2n) is 6.38. The van der Waals surface area contributed by atoms with Gasteiger partial charge in [-0.2, -0.15) is 13.2 Å². The highest BCUT2D eigenvalue weighted by molar-refractivity contribution is 5.88. The number of aromatic nitrogens is 2. The lowest BCUT2D eigenvalue weighted by molar-refractivity contribution is -0.140. The van der Waals surface area contributed by atoms with Crippen LogP contribution in [0.1, 0.15) is 13.8 Å². The summed E-state index contributed by atoms with van der Waals surface area (Å²) < 4.78 is 47.4. The first kappa shape index (κ1) is 18.7. The minimum atomic E-state index is -4.48. The van der Waals surface area contributed by atoms with Gasteiger partial charge in [-0.1, -0.05) is 0 Å². The number of nitrogens with one attached hydrogen (secondary N) is 2. The van der Waals surface area contributed by atoms with Gasteiger partial charge in [0.15, 0.2) is 17.3 Å². The fourth-order valence-electron chi connectivity index (χ4n) is 2.38. The number of hydrogen-bond donors (Lipinski definition) is 2. The van der Waals surface area contributed by atoms with E-state index in [4.69, 9.17) is 9.47 Å². The van der Waals surface area contributed by atoms with Gasteiger partial charge in [-0.3, -0.25) is 4.79 Å². The lowest BCUT2D eigenvalue weighted by atomic mass is 10.0. The van der Waals surface area contributed by atoms with Gasteiger partial charge in [0.1, 0.15) is 17.9 Å². The molecule has 3 rings (SSSR count). The van der Waals surface area contributed by atoms with Gasteiger partial charge in [0, 0.05) is 11.8 Å². The maximum Gasteiger partial charge on any atom is 0.405 e. The van der Waals surface area contributed by atoms with Crippen molar-refractivity contribution in [1.82, 2.24) is 15.3 Å². The molecule has 0 aliphatic carbocycles. The smallest absolute Gasteiger partial charge is 0.405 e. The lowest BCUT2D eigenvalue weighted by Crippen LogP contribution is -2.50. The highest BCUT2D eigenvalue weighted by Crippen LogP contribution is 2.35. The molecule has 0 spiro atoms. The van der Waals surface area contributed by atoms with Crippen LogP contribution in [0.2, 0.25) is 0 Å². The summed E-state index contributed by atoms with van der Waals surface area (Å²) in [5, 5.41) is 4.69. The Hall–Kier alpha value is -3.04. The van der Waals surface area contributed by atoms with Gasteiger partial charge in [-0.15, -0.1) is 0 Å². The number of alkyl halides is 3. The first-order valence-corrected chi connectivity index (χ1v) is 8.00. The van der Waals surface area contributed by atoms with Crippen LogP contribution in [0.15, 0.2) is 30.5 Å². The van der Waals surface area contributed by atoms with Crippen LogP contribution in [-0.2, 0) is 4.79 Å². The van der Waals surface area contributed by atoms with Crippen molar-refractivity contribution < 1.29 is 27.4 Å². The van der Waals surface area contributed by atoms with Crippen molar-refractivity contribution in [2.75, 3.05) is 18.7 Å². The number of amides is 1. The molecule has 144 valence electrons. The van der Waals surface area contributed by atoms with E-state index in [9.17, 15) is 18.0 Å². The molecule has 10 heteroatoms. The molecule has 0 saturated heterocycles. The second-order valence-corrected chi connectivity index (χ2v) is 6.38. The maximum absolute atomic E-state index is 12.3. The number of ether oxygens (including phenoxy) is 2. The molecule has 2 N–H and O–H groups in total. The topological polar surface area (TPSA) is 85.4 Å². The molecule has 0 saturated carbocycles. The van der Waals surface area contributed by atoms with E-state index >= 15 is 0 Å². The number of hydrogen-bond acceptors (Lipinski definition) is 6. The minimum absolute atomic E-state index is 0.141. The highest BCUT2D eigenvalue weighted by Gasteiger charge is 2.33. The third kappa shape index (κ3) is 4.57. The molecule has 1 aliphatic rings. The van der Waals surface area contributed by atoms with Crippen LogP contribution in [0.5, 0.6) is 11.5 Å². The number of benzene rings is 1. The van der Waals surface area contributed by atoms with Crippen LogP contribution in [-0.4, -0.2) is 40.9 Å². The van der Waals surface area contributed by atoms with Crippen LogP contribution in [0.3, 0.4) is 0 Å². The Balaban J connectivity index is 1.74. The van der Waals surface area contributed by atoms with E-state index < -0.39 is 24.2 Å². The first-order valence-electron chi connectivity index (χ1n) is 8.00. The molecule has 2 aromatic rings. The van der Waals surface area contributed by atoms with Crippen molar-refractivity contribution in [1.29, 1.82) is 0 Å². The molecular formula is C17H17F3N4O3. The van der Waals surface area contributed by atoms with E-state index in [0.717, 1.165) is 0 Å². The summed E-state index contributed by atoms with van der Waals surface area (Å²) in [5.74, 6) is 1.05. The van der Waals surface area contributed by atoms with Crippen LogP contribution < -0.4 is 20.1 Å². The zero-order valence-electron chi connectivity index (χ0n) is 14.6. The van der Waals surface area contributed by atoms with Crippen molar-refractivity contribution in [3.05, 3.63) is 30.5 Å². The van der Waals surface area contributed by atoms with Gasteiger partial charge in [-0.25, -0.2) is 9.97 Å². The zero-order valence-corrected chi connectivity index (χ0v) is 14.6. The molecule has 1 aliphatic heterocycles. The van der Waals surface area contributed by atoms with E-state index in [1.54, 1.807) is 18.2 Å². The Kier molecular flexibility index (Phi) is 4.81. The van der Waals surface area contributed by atoms with Crippen molar-refractivity contribution >= 4 is 11.7 Å². The second kappa shape index (κ2) is 6.93. The van der Waals surface area contributed by atoms with E-state index in [-0.39, 0.29) is 6.79 Å². The van der Waals surface area contributed by atoms with E-state index in [2.05, 4.69) is 15.3 Å². The Bertz CT molecular complexity index is 856. The average Bonchev–Trinajstić information content (AvgIpc) is 3.06. The SMILES string of the molecule is CC(C)(Nc1ccnc(-c2ccc3c(c2)OCO3)n1)C(=O)NCC(F)(F)F. The normalized spacial score (nSPS) is 13.4. The summed E-state index contributed by atoms with van der Waals surface area (Å²) in [5.41, 5.74) is -0.645. The van der Waals surface area contributed by atoms with Gasteiger partial charge < -0.3 is 20.1 Å². The van der Waals surface area contributed by atoms with Gasteiger partial charge in [0.05, 0.1) is 0 Å². The van der Waals surface area contributed by atoms with Gasteiger partial charge >= 0.3 is 6.18 Å². The zero-order chi connectivity index (χ0) is 19.7. The summed E-state index contributed by atoms with van der Waals surface area (Å²) in [7, 11) is 0. The van der Waals surface area contributed by atoms with Crippen LogP contribution in [0, 0.1) is 0 Å². The number of nitrogens with zero attached hydrogens (tertiary/aromatic N) is 2. The Morgan fingerprint density at radius 1 is 1.19 bits per heavy atom. The molecule has 2 heterocycles. The summed E-state index contributed by atoms with van der Waals surface area (Å²) in [6.45, 7) is 1.66. The molecule has 0 bridgehead atoms. The maximum atomic E-state index is 12.3. The molecule has 0 unspecified atom stereocenters. The van der Waals surface area contributed by atoms with Crippen molar-refractivity contribution in [2.45, 2.75) is 25.6 Å².